The maximum atomic E-state index is 12.4. The molecule has 0 aromatic heterocycles. The number of carbonyl (C=O) groups excluding carboxylic acids is 2. The molecule has 0 amide bonds. The van der Waals surface area contributed by atoms with E-state index >= 15 is 0 Å². The van der Waals surface area contributed by atoms with Gasteiger partial charge in [0.2, 0.25) is 0 Å². The van der Waals surface area contributed by atoms with Gasteiger partial charge in [0.05, 0.1) is 12.0 Å². The van der Waals surface area contributed by atoms with Crippen LogP contribution in [0.3, 0.4) is 0 Å². The van der Waals surface area contributed by atoms with E-state index in [4.69, 9.17) is 14.2 Å². The lowest BCUT2D eigenvalue weighted by Crippen LogP contribution is -2.29. The summed E-state index contributed by atoms with van der Waals surface area (Å²) in [6.45, 7) is 1.39. The smallest absolute Gasteiger partial charge is 0.314 e. The van der Waals surface area contributed by atoms with Gasteiger partial charge < -0.3 is 29.5 Å². The third kappa shape index (κ3) is 7.00. The van der Waals surface area contributed by atoms with Crippen LogP contribution in [0.5, 0.6) is 5.75 Å². The second-order valence-electron chi connectivity index (χ2n) is 8.51. The SMILES string of the molecule is CC(=O)OC1CCC(C(=O)Oc2ccc(C(O)OC3CCC(C(O)O)CC3)cc2)CC1. The minimum atomic E-state index is -1.30. The second kappa shape index (κ2) is 11.0. The molecule has 1 unspecified atom stereocenters. The van der Waals surface area contributed by atoms with E-state index in [1.165, 1.54) is 6.92 Å². The number of aliphatic hydroxyl groups excluding tert-OH is 2. The Hall–Kier alpha value is -2.00. The van der Waals surface area contributed by atoms with Crippen molar-refractivity contribution in [2.24, 2.45) is 11.8 Å². The standard InChI is InChI=1S/C23H32O8/c1-14(24)29-18-10-4-16(5-11-18)22(27)31-20-12-6-17(7-13-20)23(28)30-19-8-2-15(3-9-19)21(25)26/h6-7,12-13,15-16,18-19,21,23,25-26,28H,2-5,8-11H2,1H3. The molecule has 1 atom stereocenters. The van der Waals surface area contributed by atoms with Gasteiger partial charge in [-0.2, -0.15) is 0 Å². The van der Waals surface area contributed by atoms with Crippen molar-refractivity contribution in [2.75, 3.05) is 0 Å². The van der Waals surface area contributed by atoms with Crippen molar-refractivity contribution in [3.05, 3.63) is 29.8 Å². The van der Waals surface area contributed by atoms with Crippen LogP contribution in [0.2, 0.25) is 0 Å². The van der Waals surface area contributed by atoms with Crippen molar-refractivity contribution in [2.45, 2.75) is 83.1 Å². The molecule has 1 aromatic rings. The van der Waals surface area contributed by atoms with Gasteiger partial charge in [-0.3, -0.25) is 9.59 Å². The normalized spacial score (nSPS) is 27.5. The summed E-state index contributed by atoms with van der Waals surface area (Å²) < 4.78 is 16.4. The van der Waals surface area contributed by atoms with E-state index < -0.39 is 12.6 Å². The van der Waals surface area contributed by atoms with Crippen molar-refractivity contribution in [1.82, 2.24) is 0 Å². The summed E-state index contributed by atoms with van der Waals surface area (Å²) in [7, 11) is 0. The first-order valence-corrected chi connectivity index (χ1v) is 11.0. The molecule has 2 saturated carbocycles. The van der Waals surface area contributed by atoms with Gasteiger partial charge in [0, 0.05) is 18.4 Å². The zero-order chi connectivity index (χ0) is 22.4. The Bertz CT molecular complexity index is 716. The first-order chi connectivity index (χ1) is 14.8. The van der Waals surface area contributed by atoms with Gasteiger partial charge in [-0.25, -0.2) is 0 Å². The highest BCUT2D eigenvalue weighted by molar-refractivity contribution is 5.75. The zero-order valence-electron chi connectivity index (χ0n) is 17.8. The number of ether oxygens (including phenoxy) is 3. The molecule has 2 aliphatic carbocycles. The van der Waals surface area contributed by atoms with Crippen molar-refractivity contribution in [1.29, 1.82) is 0 Å². The highest BCUT2D eigenvalue weighted by atomic mass is 16.6. The molecule has 0 aliphatic heterocycles. The fraction of sp³-hybridized carbons (Fsp3) is 0.652. The summed E-state index contributed by atoms with van der Waals surface area (Å²) >= 11 is 0. The van der Waals surface area contributed by atoms with Crippen LogP contribution in [0.15, 0.2) is 24.3 Å². The Morgan fingerprint density at radius 3 is 2.00 bits per heavy atom. The Labute approximate surface area is 182 Å². The average molecular weight is 437 g/mol. The van der Waals surface area contributed by atoms with Crippen LogP contribution in [0.1, 0.15) is 70.1 Å². The van der Waals surface area contributed by atoms with Crippen LogP contribution in [0.25, 0.3) is 0 Å². The van der Waals surface area contributed by atoms with Crippen LogP contribution in [0, 0.1) is 11.8 Å². The topological polar surface area (TPSA) is 123 Å². The largest absolute Gasteiger partial charge is 0.463 e. The Balaban J connectivity index is 1.43. The Kier molecular flexibility index (Phi) is 8.43. The van der Waals surface area contributed by atoms with Crippen molar-refractivity contribution < 1.29 is 39.1 Å². The quantitative estimate of drug-likeness (QED) is 0.339. The molecule has 0 bridgehead atoms. The van der Waals surface area contributed by atoms with Crippen LogP contribution < -0.4 is 4.74 Å². The fourth-order valence-electron chi connectivity index (χ4n) is 4.33. The third-order valence-corrected chi connectivity index (χ3v) is 6.19. The number of esters is 2. The summed E-state index contributed by atoms with van der Waals surface area (Å²) in [6, 6.07) is 6.58. The first-order valence-electron chi connectivity index (χ1n) is 11.0. The van der Waals surface area contributed by atoms with E-state index in [1.54, 1.807) is 24.3 Å². The van der Waals surface area contributed by atoms with Gasteiger partial charge in [0.25, 0.3) is 0 Å². The lowest BCUT2D eigenvalue weighted by Gasteiger charge is -2.30. The van der Waals surface area contributed by atoms with Crippen LogP contribution in [-0.4, -0.2) is 45.8 Å². The molecule has 2 fully saturated rings. The van der Waals surface area contributed by atoms with E-state index in [0.717, 1.165) is 0 Å². The predicted molar refractivity (Wildman–Crippen MR) is 110 cm³/mol. The van der Waals surface area contributed by atoms with Gasteiger partial charge in [-0.1, -0.05) is 12.1 Å². The number of hydrogen-bond acceptors (Lipinski definition) is 8. The highest BCUT2D eigenvalue weighted by Crippen LogP contribution is 2.31. The lowest BCUT2D eigenvalue weighted by molar-refractivity contribution is -0.161. The van der Waals surface area contributed by atoms with Gasteiger partial charge in [0.15, 0.2) is 12.6 Å². The van der Waals surface area contributed by atoms with Crippen LogP contribution in [-0.2, 0) is 19.1 Å². The third-order valence-electron chi connectivity index (χ3n) is 6.19. The maximum Gasteiger partial charge on any atom is 0.314 e. The molecule has 1 aromatic carbocycles. The van der Waals surface area contributed by atoms with Gasteiger partial charge in [-0.05, 0) is 63.5 Å². The van der Waals surface area contributed by atoms with Crippen molar-refractivity contribution in [3.8, 4) is 5.75 Å². The minimum Gasteiger partial charge on any atom is -0.463 e. The molecule has 31 heavy (non-hydrogen) atoms. The molecule has 2 aliphatic rings. The van der Waals surface area contributed by atoms with Crippen molar-refractivity contribution in [3.63, 3.8) is 0 Å². The van der Waals surface area contributed by atoms with E-state index in [2.05, 4.69) is 0 Å². The van der Waals surface area contributed by atoms with E-state index in [9.17, 15) is 24.9 Å². The number of aliphatic hydroxyl groups is 3. The van der Waals surface area contributed by atoms with E-state index in [1.807, 2.05) is 0 Å². The number of hydrogen-bond donors (Lipinski definition) is 3. The summed E-state index contributed by atoms with van der Waals surface area (Å²) in [6.07, 6.45) is 2.52. The van der Waals surface area contributed by atoms with E-state index in [-0.39, 0.29) is 36.0 Å². The first kappa shape index (κ1) is 23.7. The Morgan fingerprint density at radius 2 is 1.45 bits per heavy atom. The van der Waals surface area contributed by atoms with Gasteiger partial charge in [0.1, 0.15) is 11.9 Å². The van der Waals surface area contributed by atoms with Crippen LogP contribution >= 0.6 is 0 Å². The fourth-order valence-corrected chi connectivity index (χ4v) is 4.33. The van der Waals surface area contributed by atoms with Gasteiger partial charge in [-0.15, -0.1) is 0 Å². The zero-order valence-corrected chi connectivity index (χ0v) is 17.8. The molecule has 0 spiro atoms. The second-order valence-corrected chi connectivity index (χ2v) is 8.51. The highest BCUT2D eigenvalue weighted by Gasteiger charge is 2.30. The molecule has 3 rings (SSSR count). The summed E-state index contributed by atoms with van der Waals surface area (Å²) in [5.41, 5.74) is 0.561. The summed E-state index contributed by atoms with van der Waals surface area (Å²) in [5.74, 6) is -0.543. The molecular weight excluding hydrogens is 404 g/mol. The molecule has 0 saturated heterocycles. The molecule has 3 N–H and O–H groups in total. The maximum absolute atomic E-state index is 12.4. The number of benzene rings is 1. The monoisotopic (exact) mass is 436 g/mol. The van der Waals surface area contributed by atoms with E-state index in [0.29, 0.717) is 62.7 Å². The van der Waals surface area contributed by atoms with Crippen molar-refractivity contribution >= 4 is 11.9 Å². The lowest BCUT2D eigenvalue weighted by atomic mass is 9.87. The molecule has 0 radical (unpaired) electrons. The summed E-state index contributed by atoms with van der Waals surface area (Å²) in [4.78, 5) is 23.4. The number of carbonyl (C=O) groups is 2. The predicted octanol–water partition coefficient (Wildman–Crippen LogP) is 2.59. The minimum absolute atomic E-state index is 0.119. The number of rotatable bonds is 7. The Morgan fingerprint density at radius 1 is 0.871 bits per heavy atom. The summed E-state index contributed by atoms with van der Waals surface area (Å²) in [5, 5.41) is 28.8. The molecule has 8 nitrogen and oxygen atoms in total. The molecule has 172 valence electrons. The van der Waals surface area contributed by atoms with Crippen LogP contribution in [0.4, 0.5) is 0 Å². The molecular formula is C23H32O8. The molecule has 8 heteroatoms. The average Bonchev–Trinajstić information content (AvgIpc) is 2.74. The van der Waals surface area contributed by atoms with Gasteiger partial charge >= 0.3 is 11.9 Å². The molecule has 0 heterocycles.